The Balaban J connectivity index is 1.93. The molecule has 5 heteroatoms. The smallest absolute Gasteiger partial charge is 0.243 e. The minimum atomic E-state index is -0.0712. The molecule has 0 aliphatic carbocycles. The summed E-state index contributed by atoms with van der Waals surface area (Å²) < 4.78 is 0. The van der Waals surface area contributed by atoms with E-state index in [-0.39, 0.29) is 11.8 Å². The van der Waals surface area contributed by atoms with Gasteiger partial charge in [0.1, 0.15) is 0 Å². The highest BCUT2D eigenvalue weighted by Gasteiger charge is 2.29. The molecule has 2 aliphatic rings. The third kappa shape index (κ3) is 2.09. The third-order valence-electron chi connectivity index (χ3n) is 2.62. The monoisotopic (exact) mass is 214 g/mol. The van der Waals surface area contributed by atoms with Gasteiger partial charge in [0.15, 0.2) is 0 Å². The molecule has 0 aromatic heterocycles. The van der Waals surface area contributed by atoms with Crippen LogP contribution in [0.2, 0.25) is 0 Å². The topological polar surface area (TPSA) is 49.4 Å². The number of hydrogen-bond donors (Lipinski definition) is 1. The number of nitrogens with zero attached hydrogens (tertiary/aromatic N) is 1. The van der Waals surface area contributed by atoms with Crippen LogP contribution in [0.5, 0.6) is 0 Å². The van der Waals surface area contributed by atoms with Crippen LogP contribution in [-0.4, -0.2) is 47.9 Å². The Bertz CT molecular complexity index is 235. The quantitative estimate of drug-likeness (QED) is 0.641. The molecule has 2 heterocycles. The van der Waals surface area contributed by atoms with E-state index in [4.69, 9.17) is 0 Å². The molecule has 2 aliphatic heterocycles. The SMILES string of the molecule is O=C1CNCC(=O)N1CC1CCSC1. The van der Waals surface area contributed by atoms with Gasteiger partial charge < -0.3 is 0 Å². The van der Waals surface area contributed by atoms with Gasteiger partial charge in [-0.3, -0.25) is 19.8 Å². The predicted molar refractivity (Wildman–Crippen MR) is 55.0 cm³/mol. The lowest BCUT2D eigenvalue weighted by molar-refractivity contribution is -0.147. The van der Waals surface area contributed by atoms with Crippen molar-refractivity contribution in [2.24, 2.45) is 5.92 Å². The molecule has 0 bridgehead atoms. The second-order valence-electron chi connectivity index (χ2n) is 3.73. The molecule has 1 atom stereocenters. The molecule has 14 heavy (non-hydrogen) atoms. The molecule has 2 saturated heterocycles. The zero-order valence-electron chi connectivity index (χ0n) is 7.99. The number of carbonyl (C=O) groups is 2. The summed E-state index contributed by atoms with van der Waals surface area (Å²) in [5, 5.41) is 2.79. The molecule has 1 unspecified atom stereocenters. The van der Waals surface area contributed by atoms with Gasteiger partial charge >= 0.3 is 0 Å². The van der Waals surface area contributed by atoms with Crippen molar-refractivity contribution in [2.75, 3.05) is 31.1 Å². The lowest BCUT2D eigenvalue weighted by atomic mass is 10.1. The number of piperazine rings is 1. The van der Waals surface area contributed by atoms with Gasteiger partial charge in [0, 0.05) is 6.54 Å². The Kier molecular flexibility index (Phi) is 3.08. The van der Waals surface area contributed by atoms with Crippen LogP contribution in [0.3, 0.4) is 0 Å². The lowest BCUT2D eigenvalue weighted by Crippen LogP contribution is -2.53. The summed E-state index contributed by atoms with van der Waals surface area (Å²) in [7, 11) is 0. The summed E-state index contributed by atoms with van der Waals surface area (Å²) in [6.07, 6.45) is 1.13. The Morgan fingerprint density at radius 2 is 2.07 bits per heavy atom. The van der Waals surface area contributed by atoms with Gasteiger partial charge in [-0.2, -0.15) is 11.8 Å². The number of imide groups is 1. The van der Waals surface area contributed by atoms with Crippen molar-refractivity contribution in [3.63, 3.8) is 0 Å². The van der Waals surface area contributed by atoms with Crippen molar-refractivity contribution in [2.45, 2.75) is 6.42 Å². The van der Waals surface area contributed by atoms with E-state index in [1.54, 1.807) is 0 Å². The molecule has 1 N–H and O–H groups in total. The fourth-order valence-corrected chi connectivity index (χ4v) is 3.07. The summed E-state index contributed by atoms with van der Waals surface area (Å²) in [5.74, 6) is 2.63. The summed E-state index contributed by atoms with van der Waals surface area (Å²) in [5.41, 5.74) is 0. The van der Waals surface area contributed by atoms with E-state index in [1.165, 1.54) is 10.7 Å². The highest BCUT2D eigenvalue weighted by Crippen LogP contribution is 2.24. The summed E-state index contributed by atoms with van der Waals surface area (Å²) in [6, 6.07) is 0. The summed E-state index contributed by atoms with van der Waals surface area (Å²) in [6.45, 7) is 1.25. The van der Waals surface area contributed by atoms with Gasteiger partial charge in [0.05, 0.1) is 13.1 Å². The first-order chi connectivity index (χ1) is 6.77. The molecule has 0 spiro atoms. The van der Waals surface area contributed by atoms with E-state index in [9.17, 15) is 9.59 Å². The molecule has 78 valence electrons. The molecule has 4 nitrogen and oxygen atoms in total. The van der Waals surface area contributed by atoms with Crippen molar-refractivity contribution in [3.05, 3.63) is 0 Å². The zero-order valence-corrected chi connectivity index (χ0v) is 8.81. The van der Waals surface area contributed by atoms with E-state index in [1.807, 2.05) is 11.8 Å². The first kappa shape index (κ1) is 9.98. The maximum Gasteiger partial charge on any atom is 0.243 e. The van der Waals surface area contributed by atoms with Crippen LogP contribution in [0.25, 0.3) is 0 Å². The molecule has 2 fully saturated rings. The largest absolute Gasteiger partial charge is 0.300 e. The minimum absolute atomic E-state index is 0.0712. The van der Waals surface area contributed by atoms with Crippen LogP contribution in [0, 0.1) is 5.92 Å². The Morgan fingerprint density at radius 1 is 1.36 bits per heavy atom. The molecule has 2 amide bonds. The van der Waals surface area contributed by atoms with Crippen molar-refractivity contribution >= 4 is 23.6 Å². The van der Waals surface area contributed by atoms with Crippen LogP contribution in [0.1, 0.15) is 6.42 Å². The van der Waals surface area contributed by atoms with Gasteiger partial charge in [-0.1, -0.05) is 0 Å². The van der Waals surface area contributed by atoms with E-state index in [0.29, 0.717) is 25.6 Å². The van der Waals surface area contributed by atoms with E-state index < -0.39 is 0 Å². The van der Waals surface area contributed by atoms with Gasteiger partial charge in [-0.15, -0.1) is 0 Å². The van der Waals surface area contributed by atoms with Crippen LogP contribution >= 0.6 is 11.8 Å². The van der Waals surface area contributed by atoms with E-state index >= 15 is 0 Å². The second-order valence-corrected chi connectivity index (χ2v) is 4.88. The fourth-order valence-electron chi connectivity index (χ4n) is 1.80. The van der Waals surface area contributed by atoms with Crippen molar-refractivity contribution in [1.82, 2.24) is 10.2 Å². The van der Waals surface area contributed by atoms with Crippen LogP contribution in [0.15, 0.2) is 0 Å². The van der Waals surface area contributed by atoms with Crippen LogP contribution in [0.4, 0.5) is 0 Å². The Morgan fingerprint density at radius 3 is 2.64 bits per heavy atom. The molecular weight excluding hydrogens is 200 g/mol. The summed E-state index contributed by atoms with van der Waals surface area (Å²) in [4.78, 5) is 24.3. The van der Waals surface area contributed by atoms with E-state index in [2.05, 4.69) is 5.32 Å². The van der Waals surface area contributed by atoms with Gasteiger partial charge in [0.2, 0.25) is 11.8 Å². The highest BCUT2D eigenvalue weighted by molar-refractivity contribution is 7.99. The van der Waals surface area contributed by atoms with E-state index in [0.717, 1.165) is 12.2 Å². The number of nitrogens with one attached hydrogen (secondary N) is 1. The van der Waals surface area contributed by atoms with Gasteiger partial charge in [-0.05, 0) is 23.8 Å². The maximum absolute atomic E-state index is 11.4. The fraction of sp³-hybridized carbons (Fsp3) is 0.778. The number of amides is 2. The first-order valence-electron chi connectivity index (χ1n) is 4.89. The molecule has 0 aromatic carbocycles. The molecular formula is C9H14N2O2S. The minimum Gasteiger partial charge on any atom is -0.300 e. The van der Waals surface area contributed by atoms with Gasteiger partial charge in [0.25, 0.3) is 0 Å². The normalized spacial score (nSPS) is 28.6. The van der Waals surface area contributed by atoms with Crippen molar-refractivity contribution in [3.8, 4) is 0 Å². The lowest BCUT2D eigenvalue weighted by Gasteiger charge is -2.27. The molecule has 0 aromatic rings. The molecule has 0 saturated carbocycles. The third-order valence-corrected chi connectivity index (χ3v) is 3.85. The number of rotatable bonds is 2. The molecule has 2 rings (SSSR count). The van der Waals surface area contributed by atoms with Crippen molar-refractivity contribution < 1.29 is 9.59 Å². The van der Waals surface area contributed by atoms with Crippen LogP contribution in [-0.2, 0) is 9.59 Å². The number of thioether (sulfide) groups is 1. The van der Waals surface area contributed by atoms with Gasteiger partial charge in [-0.25, -0.2) is 0 Å². The predicted octanol–water partition coefficient (Wildman–Crippen LogP) is -0.302. The maximum atomic E-state index is 11.4. The average molecular weight is 214 g/mol. The first-order valence-corrected chi connectivity index (χ1v) is 6.04. The standard InChI is InChI=1S/C9H14N2O2S/c12-8-3-10-4-9(13)11(8)5-7-1-2-14-6-7/h7,10H,1-6H2. The number of hydrogen-bond acceptors (Lipinski definition) is 4. The van der Waals surface area contributed by atoms with Crippen molar-refractivity contribution in [1.29, 1.82) is 0 Å². The summed E-state index contributed by atoms with van der Waals surface area (Å²) >= 11 is 1.91. The Labute approximate surface area is 87.4 Å². The number of carbonyl (C=O) groups excluding carboxylic acids is 2. The second kappa shape index (κ2) is 4.31. The highest BCUT2D eigenvalue weighted by atomic mass is 32.2. The Hall–Kier alpha value is -0.550. The molecule has 0 radical (unpaired) electrons. The average Bonchev–Trinajstić information content (AvgIpc) is 2.64. The zero-order chi connectivity index (χ0) is 9.97. The van der Waals surface area contributed by atoms with Crippen LogP contribution < -0.4 is 5.32 Å².